The van der Waals surface area contributed by atoms with Crippen LogP contribution in [0, 0.1) is 5.92 Å². The Kier molecular flexibility index (Phi) is 8.92. The van der Waals surface area contributed by atoms with Crippen LogP contribution in [0.1, 0.15) is 39.5 Å². The minimum atomic E-state index is 0.163. The number of halogens is 1. The summed E-state index contributed by atoms with van der Waals surface area (Å²) in [5, 5.41) is 2.95. The fourth-order valence-corrected chi connectivity index (χ4v) is 1.52. The maximum absolute atomic E-state index is 11.0. The molecule has 0 aliphatic heterocycles. The Hall–Kier alpha value is 0.200. The summed E-state index contributed by atoms with van der Waals surface area (Å²) in [5.41, 5.74) is 0. The molecule has 0 radical (unpaired) electrons. The molecule has 0 bridgehead atoms. The number of alkyl halides is 1. The van der Waals surface area contributed by atoms with Gasteiger partial charge in [0.1, 0.15) is 0 Å². The van der Waals surface area contributed by atoms with Gasteiger partial charge in [-0.05, 0) is 12.3 Å². The molecule has 0 spiro atoms. The quantitative estimate of drug-likeness (QED) is 0.568. The van der Waals surface area contributed by atoms with E-state index in [-0.39, 0.29) is 5.91 Å². The van der Waals surface area contributed by atoms with Crippen molar-refractivity contribution >= 4 is 28.5 Å². The maximum atomic E-state index is 11.0. The van der Waals surface area contributed by atoms with E-state index in [1.165, 1.54) is 25.7 Å². The van der Waals surface area contributed by atoms with Crippen LogP contribution >= 0.6 is 22.6 Å². The lowest BCUT2D eigenvalue weighted by Gasteiger charge is -2.14. The Labute approximate surface area is 95.0 Å². The highest BCUT2D eigenvalue weighted by atomic mass is 127. The second kappa shape index (κ2) is 8.78. The van der Waals surface area contributed by atoms with E-state index < -0.39 is 0 Å². The smallest absolute Gasteiger partial charge is 0.229 e. The summed E-state index contributed by atoms with van der Waals surface area (Å²) in [5.74, 6) is 0.836. The van der Waals surface area contributed by atoms with Crippen LogP contribution in [0.5, 0.6) is 0 Å². The molecule has 0 aromatic rings. The predicted molar refractivity (Wildman–Crippen MR) is 65.2 cm³/mol. The van der Waals surface area contributed by atoms with Crippen LogP contribution in [0.15, 0.2) is 0 Å². The highest BCUT2D eigenvalue weighted by Crippen LogP contribution is 2.10. The lowest BCUT2D eigenvalue weighted by Crippen LogP contribution is -2.29. The van der Waals surface area contributed by atoms with Crippen LogP contribution in [0.2, 0.25) is 0 Å². The molecule has 0 rings (SSSR count). The SMILES string of the molecule is CCCC[C@H](CC)CNC(=O)CI. The van der Waals surface area contributed by atoms with E-state index in [0.717, 1.165) is 6.54 Å². The van der Waals surface area contributed by atoms with E-state index >= 15 is 0 Å². The summed E-state index contributed by atoms with van der Waals surface area (Å²) < 4.78 is 0.571. The lowest BCUT2D eigenvalue weighted by atomic mass is 9.99. The molecule has 2 nitrogen and oxygen atoms in total. The van der Waals surface area contributed by atoms with E-state index in [0.29, 0.717) is 10.3 Å². The molecule has 78 valence electrons. The van der Waals surface area contributed by atoms with Crippen LogP contribution in [0.4, 0.5) is 0 Å². The van der Waals surface area contributed by atoms with Crippen LogP contribution < -0.4 is 5.32 Å². The molecule has 0 aromatic heterocycles. The third-order valence-corrected chi connectivity index (χ3v) is 2.95. The first-order chi connectivity index (χ1) is 6.24. The monoisotopic (exact) mass is 297 g/mol. The number of carbonyl (C=O) groups excluding carboxylic acids is 1. The normalized spacial score (nSPS) is 12.5. The van der Waals surface area contributed by atoms with Crippen molar-refractivity contribution in [2.75, 3.05) is 11.0 Å². The number of amides is 1. The number of hydrogen-bond acceptors (Lipinski definition) is 1. The first-order valence-corrected chi connectivity index (χ1v) is 6.59. The summed E-state index contributed by atoms with van der Waals surface area (Å²) in [7, 11) is 0. The van der Waals surface area contributed by atoms with Gasteiger partial charge in [-0.1, -0.05) is 55.7 Å². The predicted octanol–water partition coefficient (Wildman–Crippen LogP) is 2.75. The largest absolute Gasteiger partial charge is 0.355 e. The molecule has 0 heterocycles. The van der Waals surface area contributed by atoms with E-state index in [1.807, 2.05) is 0 Å². The minimum absolute atomic E-state index is 0.163. The van der Waals surface area contributed by atoms with Gasteiger partial charge in [0.25, 0.3) is 0 Å². The Morgan fingerprint density at radius 2 is 2.15 bits per heavy atom. The molecule has 0 fully saturated rings. The average Bonchev–Trinajstić information content (AvgIpc) is 2.17. The molecule has 0 aliphatic rings. The Morgan fingerprint density at radius 1 is 1.46 bits per heavy atom. The van der Waals surface area contributed by atoms with Crippen LogP contribution in [-0.2, 0) is 4.79 Å². The number of hydrogen-bond donors (Lipinski definition) is 1. The first-order valence-electron chi connectivity index (χ1n) is 5.07. The summed E-state index contributed by atoms with van der Waals surface area (Å²) in [6.07, 6.45) is 4.94. The van der Waals surface area contributed by atoms with Gasteiger partial charge in [-0.2, -0.15) is 0 Å². The van der Waals surface area contributed by atoms with Gasteiger partial charge in [-0.3, -0.25) is 4.79 Å². The number of nitrogens with one attached hydrogen (secondary N) is 1. The van der Waals surface area contributed by atoms with Crippen LogP contribution in [0.25, 0.3) is 0 Å². The van der Waals surface area contributed by atoms with E-state index in [1.54, 1.807) is 0 Å². The van der Waals surface area contributed by atoms with Crippen molar-refractivity contribution in [2.24, 2.45) is 5.92 Å². The molecule has 0 aromatic carbocycles. The molecule has 13 heavy (non-hydrogen) atoms. The van der Waals surface area contributed by atoms with Crippen molar-refractivity contribution in [3.63, 3.8) is 0 Å². The van der Waals surface area contributed by atoms with Crippen molar-refractivity contribution < 1.29 is 4.79 Å². The van der Waals surface area contributed by atoms with Crippen molar-refractivity contribution in [1.29, 1.82) is 0 Å². The van der Waals surface area contributed by atoms with E-state index in [4.69, 9.17) is 0 Å². The molecule has 1 N–H and O–H groups in total. The highest BCUT2D eigenvalue weighted by molar-refractivity contribution is 14.1. The first kappa shape index (κ1) is 13.2. The van der Waals surface area contributed by atoms with Crippen molar-refractivity contribution in [3.05, 3.63) is 0 Å². The molecule has 1 amide bonds. The zero-order chi connectivity index (χ0) is 10.1. The summed E-state index contributed by atoms with van der Waals surface area (Å²) in [6.45, 7) is 5.25. The van der Waals surface area contributed by atoms with Crippen molar-refractivity contribution in [1.82, 2.24) is 5.32 Å². The third-order valence-electron chi connectivity index (χ3n) is 2.25. The molecule has 3 heteroatoms. The zero-order valence-electron chi connectivity index (χ0n) is 8.61. The summed E-state index contributed by atoms with van der Waals surface area (Å²) in [4.78, 5) is 11.0. The Bertz CT molecular complexity index is 139. The molecule has 1 atom stereocenters. The van der Waals surface area contributed by atoms with Gasteiger partial charge >= 0.3 is 0 Å². The fraction of sp³-hybridized carbons (Fsp3) is 0.900. The second-order valence-corrected chi connectivity index (χ2v) is 4.12. The van der Waals surface area contributed by atoms with Gasteiger partial charge in [0.05, 0.1) is 4.43 Å². The Balaban J connectivity index is 3.52. The van der Waals surface area contributed by atoms with Gasteiger partial charge in [0, 0.05) is 6.54 Å². The van der Waals surface area contributed by atoms with Gasteiger partial charge in [-0.25, -0.2) is 0 Å². The number of carbonyl (C=O) groups is 1. The lowest BCUT2D eigenvalue weighted by molar-refractivity contribution is -0.118. The van der Waals surface area contributed by atoms with Crippen LogP contribution in [0.3, 0.4) is 0 Å². The topological polar surface area (TPSA) is 29.1 Å². The molecular weight excluding hydrogens is 277 g/mol. The van der Waals surface area contributed by atoms with E-state index in [2.05, 4.69) is 41.8 Å². The standard InChI is InChI=1S/C10H20INO/c1-3-5-6-9(4-2)8-12-10(13)7-11/h9H,3-8H2,1-2H3,(H,12,13)/t9-/m0/s1. The van der Waals surface area contributed by atoms with Gasteiger partial charge in [-0.15, -0.1) is 0 Å². The average molecular weight is 297 g/mol. The molecule has 0 unspecified atom stereocenters. The number of unbranched alkanes of at least 4 members (excludes halogenated alkanes) is 1. The Morgan fingerprint density at radius 3 is 2.62 bits per heavy atom. The fourth-order valence-electron chi connectivity index (χ4n) is 1.25. The van der Waals surface area contributed by atoms with E-state index in [9.17, 15) is 4.79 Å². The third kappa shape index (κ3) is 7.28. The summed E-state index contributed by atoms with van der Waals surface area (Å²) >= 11 is 2.09. The maximum Gasteiger partial charge on any atom is 0.229 e. The van der Waals surface area contributed by atoms with Gasteiger partial charge in [0.15, 0.2) is 0 Å². The number of rotatable bonds is 7. The molecule has 0 saturated carbocycles. The highest BCUT2D eigenvalue weighted by Gasteiger charge is 2.06. The van der Waals surface area contributed by atoms with Crippen molar-refractivity contribution in [3.8, 4) is 0 Å². The van der Waals surface area contributed by atoms with Gasteiger partial charge < -0.3 is 5.32 Å². The molecule has 0 aliphatic carbocycles. The zero-order valence-corrected chi connectivity index (χ0v) is 10.8. The van der Waals surface area contributed by atoms with Crippen molar-refractivity contribution in [2.45, 2.75) is 39.5 Å². The minimum Gasteiger partial charge on any atom is -0.355 e. The molecular formula is C10H20INO. The second-order valence-electron chi connectivity index (χ2n) is 3.35. The summed E-state index contributed by atoms with van der Waals surface area (Å²) in [6, 6.07) is 0. The molecule has 0 saturated heterocycles. The van der Waals surface area contributed by atoms with Gasteiger partial charge in [0.2, 0.25) is 5.91 Å². The van der Waals surface area contributed by atoms with Crippen LogP contribution in [-0.4, -0.2) is 16.9 Å².